The smallest absolute Gasteiger partial charge is 0.127 e. The molecule has 0 aromatic heterocycles. The van der Waals surface area contributed by atoms with Crippen molar-refractivity contribution in [3.05, 3.63) is 82.9 Å². The number of ether oxygens (including phenoxy) is 1. The first kappa shape index (κ1) is 22.9. The quantitative estimate of drug-likeness (QED) is 0.358. The minimum Gasteiger partial charge on any atom is -0.457 e. The topological polar surface area (TPSA) is 75.7 Å². The number of aliphatic hydroxyl groups excluding tert-OH is 2. The van der Waals surface area contributed by atoms with Crippen molar-refractivity contribution in [3.63, 3.8) is 0 Å². The van der Waals surface area contributed by atoms with Crippen LogP contribution in [0.5, 0.6) is 11.5 Å². The van der Waals surface area contributed by atoms with Crippen LogP contribution in [-0.2, 0) is 12.8 Å². The minimum absolute atomic E-state index is 0.222. The fourth-order valence-electron chi connectivity index (χ4n) is 3.86. The molecule has 1 heterocycles. The Labute approximate surface area is 195 Å². The Kier molecular flexibility index (Phi) is 6.96. The maximum absolute atomic E-state index is 9.43. The molecule has 4 N–H and O–H groups in total. The lowest BCUT2D eigenvalue weighted by molar-refractivity contribution is 0.115. The fraction of sp³-hybridized carbons (Fsp3) is 0.308. The average molecular weight is 447 g/mol. The number of aliphatic hydroxyl groups is 2. The van der Waals surface area contributed by atoms with Gasteiger partial charge in [-0.15, -0.1) is 0 Å². The monoisotopic (exact) mass is 447 g/mol. The summed E-state index contributed by atoms with van der Waals surface area (Å²) in [4.78, 5) is 2.52. The van der Waals surface area contributed by atoms with Crippen LogP contribution in [0.25, 0.3) is 0 Å². The summed E-state index contributed by atoms with van der Waals surface area (Å²) in [6, 6.07) is 21.1. The van der Waals surface area contributed by atoms with E-state index in [0.717, 1.165) is 24.3 Å². The van der Waals surface area contributed by atoms with Crippen LogP contribution in [0.15, 0.2) is 70.5 Å². The molecule has 1 atom stereocenters. The summed E-state index contributed by atoms with van der Waals surface area (Å²) >= 11 is 1.78. The molecule has 166 valence electrons. The van der Waals surface area contributed by atoms with Crippen LogP contribution in [0.4, 0.5) is 0 Å². The van der Waals surface area contributed by atoms with E-state index in [0.29, 0.717) is 12.2 Å². The van der Waals surface area contributed by atoms with E-state index in [2.05, 4.69) is 57.2 Å². The number of fused-ring (bicyclic) bond motifs is 2. The van der Waals surface area contributed by atoms with Gasteiger partial charge in [0.25, 0.3) is 0 Å². The van der Waals surface area contributed by atoms with Crippen molar-refractivity contribution < 1.29 is 14.9 Å². The Morgan fingerprint density at radius 1 is 0.969 bits per heavy atom. The van der Waals surface area contributed by atoms with E-state index in [-0.39, 0.29) is 13.2 Å². The maximum Gasteiger partial charge on any atom is 0.127 e. The second kappa shape index (κ2) is 9.71. The van der Waals surface area contributed by atoms with Gasteiger partial charge in [0, 0.05) is 9.79 Å². The maximum atomic E-state index is 9.43. The molecule has 0 radical (unpaired) electrons. The van der Waals surface area contributed by atoms with Crippen molar-refractivity contribution >= 4 is 19.6 Å². The van der Waals surface area contributed by atoms with Gasteiger partial charge >= 0.3 is 0 Å². The highest BCUT2D eigenvalue weighted by molar-refractivity contribution is 7.99. The van der Waals surface area contributed by atoms with E-state index in [9.17, 15) is 10.2 Å². The molecule has 0 aliphatic carbocycles. The van der Waals surface area contributed by atoms with Gasteiger partial charge in [-0.25, -0.2) is 0 Å². The normalized spacial score (nSPS) is 13.9. The van der Waals surface area contributed by atoms with Gasteiger partial charge in [-0.1, -0.05) is 48.5 Å². The van der Waals surface area contributed by atoms with E-state index in [4.69, 9.17) is 10.5 Å². The highest BCUT2D eigenvalue weighted by Crippen LogP contribution is 2.41. The number of nitrogens with two attached hydrogens (primary N) is 1. The van der Waals surface area contributed by atoms with Crippen molar-refractivity contribution in [1.82, 2.24) is 0 Å². The predicted molar refractivity (Wildman–Crippen MR) is 133 cm³/mol. The zero-order chi connectivity index (χ0) is 22.7. The lowest BCUT2D eigenvalue weighted by Gasteiger charge is -2.25. The number of benzene rings is 3. The Balaban J connectivity index is 1.47. The molecule has 0 fully saturated rings. The van der Waals surface area contributed by atoms with Gasteiger partial charge < -0.3 is 20.7 Å². The molecule has 0 saturated heterocycles. The average Bonchev–Trinajstić information content (AvgIpc) is 2.81. The third-order valence-electron chi connectivity index (χ3n) is 6.08. The highest BCUT2D eigenvalue weighted by Gasteiger charge is 2.23. The third-order valence-corrected chi connectivity index (χ3v) is 7.32. The van der Waals surface area contributed by atoms with Gasteiger partial charge in [0.15, 0.2) is 0 Å². The molecule has 0 saturated carbocycles. The second-order valence-corrected chi connectivity index (χ2v) is 10.1. The van der Waals surface area contributed by atoms with Gasteiger partial charge in [-0.2, -0.15) is 0 Å². The number of rotatable bonds is 8. The van der Waals surface area contributed by atoms with Crippen molar-refractivity contribution in [3.8, 4) is 11.5 Å². The molecule has 1 unspecified atom stereocenters. The minimum atomic E-state index is -0.934. The molecule has 4 rings (SSSR count). The van der Waals surface area contributed by atoms with Crippen molar-refractivity contribution in [1.29, 1.82) is 0 Å². The van der Waals surface area contributed by atoms with Crippen molar-refractivity contribution in [2.75, 3.05) is 13.2 Å². The molecule has 3 aromatic rings. The lowest BCUT2D eigenvalue weighted by Crippen LogP contribution is -2.47. The second-order valence-electron chi connectivity index (χ2n) is 8.99. The summed E-state index contributed by atoms with van der Waals surface area (Å²) in [5.74, 6) is 2.20. The molecule has 0 amide bonds. The predicted octanol–water partition coefficient (Wildman–Crippen LogP) is 3.84. The fourth-order valence-corrected chi connectivity index (χ4v) is 4.90. The van der Waals surface area contributed by atoms with Crippen LogP contribution < -0.4 is 10.5 Å². The van der Waals surface area contributed by atoms with Crippen LogP contribution in [0.1, 0.15) is 41.4 Å². The van der Waals surface area contributed by atoms with Gasteiger partial charge in [0.2, 0.25) is 0 Å². The van der Waals surface area contributed by atoms with E-state index in [1.54, 1.807) is 11.8 Å². The standard InChI is InChI=1S/C26H30BNO3S/c1-17(27)19-3-5-22(6-4-19)31-23-7-9-25-21(14-23)13-20-12-18(2-8-24(20)32-25)10-11-26(28,15-29)16-30/h2-9,12,14,17,29-30H,10-11,13,15-16,27-28H2,1H3. The molecule has 4 nitrogen and oxygen atoms in total. The highest BCUT2D eigenvalue weighted by atomic mass is 32.2. The summed E-state index contributed by atoms with van der Waals surface area (Å²) in [5, 5.41) is 18.9. The number of aryl methyl sites for hydroxylation is 1. The molecule has 1 aliphatic rings. The largest absolute Gasteiger partial charge is 0.457 e. The Bertz CT molecular complexity index is 1080. The molecule has 32 heavy (non-hydrogen) atoms. The van der Waals surface area contributed by atoms with Crippen LogP contribution in [0.3, 0.4) is 0 Å². The molecular formula is C26H30BNO3S. The first-order valence-corrected chi connectivity index (χ1v) is 11.9. The van der Waals surface area contributed by atoms with Crippen molar-refractivity contribution in [2.24, 2.45) is 5.73 Å². The van der Waals surface area contributed by atoms with E-state index in [1.807, 2.05) is 18.2 Å². The van der Waals surface area contributed by atoms with Crippen LogP contribution in [0, 0.1) is 0 Å². The van der Waals surface area contributed by atoms with Crippen molar-refractivity contribution in [2.45, 2.75) is 47.3 Å². The van der Waals surface area contributed by atoms with E-state index >= 15 is 0 Å². The van der Waals surface area contributed by atoms with Gasteiger partial charge in [0.1, 0.15) is 19.3 Å². The van der Waals surface area contributed by atoms with E-state index in [1.165, 1.54) is 32.0 Å². The first-order valence-electron chi connectivity index (χ1n) is 11.1. The zero-order valence-corrected chi connectivity index (χ0v) is 19.5. The Morgan fingerprint density at radius 2 is 1.59 bits per heavy atom. The summed E-state index contributed by atoms with van der Waals surface area (Å²) in [5.41, 5.74) is 10.1. The van der Waals surface area contributed by atoms with Crippen LogP contribution in [-0.4, -0.2) is 36.8 Å². The lowest BCUT2D eigenvalue weighted by atomic mass is 9.83. The molecule has 0 bridgehead atoms. The molecule has 6 heteroatoms. The van der Waals surface area contributed by atoms with Gasteiger partial charge in [-0.05, 0) is 78.2 Å². The Morgan fingerprint density at radius 3 is 2.25 bits per heavy atom. The molecule has 1 aliphatic heterocycles. The summed E-state index contributed by atoms with van der Waals surface area (Å²) in [7, 11) is 2.19. The molecule has 0 spiro atoms. The van der Waals surface area contributed by atoms with E-state index < -0.39 is 5.54 Å². The number of hydrogen-bond donors (Lipinski definition) is 3. The summed E-state index contributed by atoms with van der Waals surface area (Å²) in [6.07, 6.45) is 2.11. The van der Waals surface area contributed by atoms with Crippen LogP contribution >= 0.6 is 11.8 Å². The molecular weight excluding hydrogens is 417 g/mol. The third kappa shape index (κ3) is 5.21. The van der Waals surface area contributed by atoms with Crippen LogP contribution in [0.2, 0.25) is 0 Å². The van der Waals surface area contributed by atoms with Gasteiger partial charge in [0.05, 0.1) is 18.8 Å². The molecule has 3 aromatic carbocycles. The number of hydrogen-bond acceptors (Lipinski definition) is 5. The van der Waals surface area contributed by atoms with Gasteiger partial charge in [-0.3, -0.25) is 0 Å². The Hall–Kier alpha value is -2.25. The zero-order valence-electron chi connectivity index (χ0n) is 18.7. The SMILES string of the molecule is BC(C)c1ccc(Oc2ccc3c(c2)Cc2cc(CCC(N)(CO)CO)ccc2S3)cc1. The first-order chi connectivity index (χ1) is 15.4. The summed E-state index contributed by atoms with van der Waals surface area (Å²) in [6.45, 7) is 1.74. The summed E-state index contributed by atoms with van der Waals surface area (Å²) < 4.78 is 6.12.